The van der Waals surface area contributed by atoms with Crippen molar-refractivity contribution in [2.75, 3.05) is 12.3 Å². The molecule has 3 atom stereocenters. The van der Waals surface area contributed by atoms with Crippen LogP contribution in [0, 0.1) is 5.92 Å². The highest BCUT2D eigenvalue weighted by Crippen LogP contribution is 2.36. The molecule has 72 valence electrons. The van der Waals surface area contributed by atoms with E-state index in [9.17, 15) is 0 Å². The van der Waals surface area contributed by atoms with E-state index in [0.717, 1.165) is 17.7 Å². The quantitative estimate of drug-likeness (QED) is 0.725. The highest BCUT2D eigenvalue weighted by molar-refractivity contribution is 8.00. The Balaban J connectivity index is 2.04. The third kappa shape index (κ3) is 2.00. The van der Waals surface area contributed by atoms with Gasteiger partial charge in [0, 0.05) is 23.0 Å². The second kappa shape index (κ2) is 4.34. The molecule has 2 rings (SSSR count). The molecule has 0 aromatic carbocycles. The molecule has 1 saturated heterocycles. The molecule has 2 aliphatic rings. The summed E-state index contributed by atoms with van der Waals surface area (Å²) in [5, 5.41) is 4.39. The van der Waals surface area contributed by atoms with Crippen LogP contribution in [-0.4, -0.2) is 23.6 Å². The minimum absolute atomic E-state index is 0.705. The molecule has 1 aliphatic carbocycles. The summed E-state index contributed by atoms with van der Waals surface area (Å²) in [5.74, 6) is 2.03. The Labute approximate surface area is 84.7 Å². The lowest BCUT2D eigenvalue weighted by molar-refractivity contribution is 0.462. The topological polar surface area (TPSA) is 12.0 Å². The first-order chi connectivity index (χ1) is 6.42. The van der Waals surface area contributed by atoms with E-state index < -0.39 is 0 Å². The molecular weight excluding hydrogens is 178 g/mol. The molecule has 0 aromatic rings. The summed E-state index contributed by atoms with van der Waals surface area (Å²) in [6.07, 6.45) is 10.3. The van der Waals surface area contributed by atoms with Gasteiger partial charge in [0.2, 0.25) is 0 Å². The Morgan fingerprint density at radius 3 is 3.23 bits per heavy atom. The Morgan fingerprint density at radius 1 is 1.46 bits per heavy atom. The number of hydrogen-bond donors (Lipinski definition) is 1. The molecule has 3 unspecified atom stereocenters. The zero-order valence-electron chi connectivity index (χ0n) is 8.07. The van der Waals surface area contributed by atoms with E-state index in [0.29, 0.717) is 6.04 Å². The van der Waals surface area contributed by atoms with E-state index >= 15 is 0 Å². The number of nitrogens with one attached hydrogen (secondary N) is 1. The van der Waals surface area contributed by atoms with Gasteiger partial charge in [0.1, 0.15) is 0 Å². The second-order valence-electron chi connectivity index (χ2n) is 3.66. The monoisotopic (exact) mass is 195 g/mol. The first-order valence-corrected chi connectivity index (χ1v) is 6.15. The molecule has 1 heterocycles. The normalized spacial score (nSPS) is 37.5. The van der Waals surface area contributed by atoms with Gasteiger partial charge in [-0.05, 0) is 13.0 Å². The summed E-state index contributed by atoms with van der Waals surface area (Å²) in [5.41, 5.74) is 0. The van der Waals surface area contributed by atoms with Crippen molar-refractivity contribution >= 4 is 11.8 Å². The van der Waals surface area contributed by atoms with Gasteiger partial charge in [0.15, 0.2) is 0 Å². The molecule has 1 N–H and O–H groups in total. The van der Waals surface area contributed by atoms with Crippen LogP contribution >= 0.6 is 11.8 Å². The Morgan fingerprint density at radius 2 is 2.38 bits per heavy atom. The molecule has 13 heavy (non-hydrogen) atoms. The molecule has 0 saturated carbocycles. The van der Waals surface area contributed by atoms with Crippen molar-refractivity contribution in [1.82, 2.24) is 5.32 Å². The van der Waals surface area contributed by atoms with E-state index in [1.54, 1.807) is 0 Å². The van der Waals surface area contributed by atoms with Crippen LogP contribution in [0.4, 0.5) is 0 Å². The molecule has 0 radical (unpaired) electrons. The van der Waals surface area contributed by atoms with Crippen LogP contribution in [0.3, 0.4) is 0 Å². The summed E-state index contributed by atoms with van der Waals surface area (Å²) in [7, 11) is 0. The maximum Gasteiger partial charge on any atom is 0.0231 e. The van der Waals surface area contributed by atoms with Gasteiger partial charge in [-0.1, -0.05) is 31.2 Å². The van der Waals surface area contributed by atoms with Crippen LogP contribution < -0.4 is 5.32 Å². The van der Waals surface area contributed by atoms with Crippen molar-refractivity contribution in [1.29, 1.82) is 0 Å². The van der Waals surface area contributed by atoms with Crippen LogP contribution in [0.2, 0.25) is 0 Å². The highest BCUT2D eigenvalue weighted by atomic mass is 32.2. The summed E-state index contributed by atoms with van der Waals surface area (Å²) < 4.78 is 0. The lowest BCUT2D eigenvalue weighted by atomic mass is 9.96. The largest absolute Gasteiger partial charge is 0.313 e. The smallest absolute Gasteiger partial charge is 0.0231 e. The minimum Gasteiger partial charge on any atom is -0.313 e. The van der Waals surface area contributed by atoms with Gasteiger partial charge in [-0.25, -0.2) is 0 Å². The van der Waals surface area contributed by atoms with Crippen molar-refractivity contribution in [2.45, 2.75) is 24.6 Å². The van der Waals surface area contributed by atoms with Gasteiger partial charge in [-0.3, -0.25) is 0 Å². The van der Waals surface area contributed by atoms with E-state index in [1.165, 1.54) is 12.2 Å². The summed E-state index contributed by atoms with van der Waals surface area (Å²) in [4.78, 5) is 0. The number of rotatable bonds is 2. The third-order valence-corrected chi connectivity index (χ3v) is 4.29. The first kappa shape index (κ1) is 9.35. The molecule has 2 heteroatoms. The standard InChI is InChI=1S/C11H17NS/c1-2-12-10-8-13-11-7-5-3-4-6-9(10)11/h3-6,9-12H,2,7-8H2,1H3. The zero-order chi connectivity index (χ0) is 9.10. The lowest BCUT2D eigenvalue weighted by Crippen LogP contribution is -2.35. The van der Waals surface area contributed by atoms with Crippen LogP contribution in [0.5, 0.6) is 0 Å². The average molecular weight is 195 g/mol. The van der Waals surface area contributed by atoms with E-state index in [2.05, 4.69) is 48.3 Å². The molecule has 0 spiro atoms. The van der Waals surface area contributed by atoms with Gasteiger partial charge >= 0.3 is 0 Å². The number of thioether (sulfide) groups is 1. The number of allylic oxidation sites excluding steroid dienone is 3. The molecule has 1 fully saturated rings. The van der Waals surface area contributed by atoms with Crippen LogP contribution in [0.1, 0.15) is 13.3 Å². The van der Waals surface area contributed by atoms with Crippen molar-refractivity contribution in [3.63, 3.8) is 0 Å². The van der Waals surface area contributed by atoms with Gasteiger partial charge in [-0.2, -0.15) is 11.8 Å². The zero-order valence-corrected chi connectivity index (χ0v) is 8.89. The molecular formula is C11H17NS. The Bertz CT molecular complexity index is 222. The van der Waals surface area contributed by atoms with Crippen molar-refractivity contribution in [3.8, 4) is 0 Å². The van der Waals surface area contributed by atoms with Gasteiger partial charge in [0.25, 0.3) is 0 Å². The molecule has 1 aliphatic heterocycles. The predicted molar refractivity (Wildman–Crippen MR) is 60.1 cm³/mol. The van der Waals surface area contributed by atoms with Crippen LogP contribution in [0.15, 0.2) is 24.3 Å². The van der Waals surface area contributed by atoms with Crippen molar-refractivity contribution in [3.05, 3.63) is 24.3 Å². The first-order valence-electron chi connectivity index (χ1n) is 5.10. The number of hydrogen-bond acceptors (Lipinski definition) is 2. The van der Waals surface area contributed by atoms with Crippen molar-refractivity contribution < 1.29 is 0 Å². The van der Waals surface area contributed by atoms with Crippen LogP contribution in [0.25, 0.3) is 0 Å². The fraction of sp³-hybridized carbons (Fsp3) is 0.636. The summed E-state index contributed by atoms with van der Waals surface area (Å²) >= 11 is 2.12. The van der Waals surface area contributed by atoms with Gasteiger partial charge in [-0.15, -0.1) is 0 Å². The summed E-state index contributed by atoms with van der Waals surface area (Å²) in [6, 6.07) is 0.705. The van der Waals surface area contributed by atoms with E-state index in [1.807, 2.05) is 0 Å². The molecule has 0 aromatic heterocycles. The highest BCUT2D eigenvalue weighted by Gasteiger charge is 2.33. The second-order valence-corrected chi connectivity index (χ2v) is 4.93. The number of fused-ring (bicyclic) bond motifs is 1. The molecule has 0 bridgehead atoms. The minimum atomic E-state index is 0.705. The SMILES string of the molecule is CCNC1CSC2CC=CC=CC12. The van der Waals surface area contributed by atoms with Crippen molar-refractivity contribution in [2.24, 2.45) is 5.92 Å². The predicted octanol–water partition coefficient (Wildman–Crippen LogP) is 2.21. The Hall–Kier alpha value is -0.210. The Kier molecular flexibility index (Phi) is 3.12. The van der Waals surface area contributed by atoms with Crippen LogP contribution in [-0.2, 0) is 0 Å². The van der Waals surface area contributed by atoms with Gasteiger partial charge < -0.3 is 5.32 Å². The summed E-state index contributed by atoms with van der Waals surface area (Å²) in [6.45, 7) is 3.28. The third-order valence-electron chi connectivity index (χ3n) is 2.80. The molecule has 1 nitrogen and oxygen atoms in total. The maximum atomic E-state index is 3.57. The lowest BCUT2D eigenvalue weighted by Gasteiger charge is -2.19. The maximum absolute atomic E-state index is 3.57. The average Bonchev–Trinajstić information content (AvgIpc) is 2.38. The van der Waals surface area contributed by atoms with E-state index in [-0.39, 0.29) is 0 Å². The van der Waals surface area contributed by atoms with E-state index in [4.69, 9.17) is 0 Å². The fourth-order valence-corrected chi connectivity index (χ4v) is 3.68. The fourth-order valence-electron chi connectivity index (χ4n) is 2.13. The molecule has 0 amide bonds. The van der Waals surface area contributed by atoms with Gasteiger partial charge in [0.05, 0.1) is 0 Å².